The second-order valence-electron chi connectivity index (χ2n) is 5.15. The van der Waals surface area contributed by atoms with Gasteiger partial charge in [-0.25, -0.2) is 0 Å². The first-order chi connectivity index (χ1) is 9.15. The van der Waals surface area contributed by atoms with E-state index in [1.807, 2.05) is 12.1 Å². The van der Waals surface area contributed by atoms with Crippen LogP contribution in [0.2, 0.25) is 0 Å². The maximum atomic E-state index is 5.20. The Morgan fingerprint density at radius 3 is 2.11 bits per heavy atom. The molecule has 0 saturated heterocycles. The molecule has 1 nitrogen and oxygen atoms in total. The average molecular weight is 254 g/mol. The summed E-state index contributed by atoms with van der Waals surface area (Å²) in [6.07, 6.45) is 1.09. The molecule has 19 heavy (non-hydrogen) atoms. The van der Waals surface area contributed by atoms with E-state index in [2.05, 4.69) is 51.1 Å². The summed E-state index contributed by atoms with van der Waals surface area (Å²) in [7, 11) is 1.70. The summed E-state index contributed by atoms with van der Waals surface area (Å²) in [6.45, 7) is 6.73. The van der Waals surface area contributed by atoms with Crippen molar-refractivity contribution in [2.75, 3.05) is 7.11 Å². The summed E-state index contributed by atoms with van der Waals surface area (Å²) in [5.41, 5.74) is 5.43. The minimum Gasteiger partial charge on any atom is -0.497 e. The summed E-state index contributed by atoms with van der Waals surface area (Å²) in [5, 5.41) is 0. The molecule has 0 N–H and O–H groups in total. The van der Waals surface area contributed by atoms with Crippen molar-refractivity contribution in [2.45, 2.75) is 33.1 Å². The Labute approximate surface area is 116 Å². The van der Waals surface area contributed by atoms with E-state index in [0.29, 0.717) is 5.92 Å². The number of ether oxygens (including phenoxy) is 1. The molecule has 0 unspecified atom stereocenters. The number of rotatable bonds is 4. The fourth-order valence-electron chi connectivity index (χ4n) is 2.42. The van der Waals surface area contributed by atoms with Gasteiger partial charge in [-0.1, -0.05) is 51.1 Å². The molecule has 0 saturated carbocycles. The average Bonchev–Trinajstić information content (AvgIpc) is 2.46. The number of hydrogen-bond acceptors (Lipinski definition) is 1. The minimum absolute atomic E-state index is 0.563. The van der Waals surface area contributed by atoms with Crippen LogP contribution in [-0.2, 0) is 6.42 Å². The van der Waals surface area contributed by atoms with E-state index < -0.39 is 0 Å². The minimum atomic E-state index is 0.563. The SMILES string of the molecule is CCc1ccc(-c2ccc(OC)cc2)cc1C(C)C. The van der Waals surface area contributed by atoms with Gasteiger partial charge in [0.15, 0.2) is 0 Å². The molecule has 0 fully saturated rings. The van der Waals surface area contributed by atoms with Gasteiger partial charge in [0.1, 0.15) is 5.75 Å². The van der Waals surface area contributed by atoms with Crippen LogP contribution >= 0.6 is 0 Å². The Hall–Kier alpha value is -1.76. The predicted molar refractivity (Wildman–Crippen MR) is 81.9 cm³/mol. The molecule has 0 aliphatic carbocycles. The standard InChI is InChI=1S/C18H22O/c1-5-14-6-7-16(12-18(14)13(2)3)15-8-10-17(19-4)11-9-15/h6-13H,5H2,1-4H3. The highest BCUT2D eigenvalue weighted by molar-refractivity contribution is 5.66. The fourth-order valence-corrected chi connectivity index (χ4v) is 2.42. The van der Waals surface area contributed by atoms with E-state index in [1.54, 1.807) is 7.11 Å². The second-order valence-corrected chi connectivity index (χ2v) is 5.15. The Morgan fingerprint density at radius 2 is 1.58 bits per heavy atom. The topological polar surface area (TPSA) is 9.23 Å². The molecule has 0 atom stereocenters. The molecule has 2 aromatic carbocycles. The smallest absolute Gasteiger partial charge is 0.118 e. The summed E-state index contributed by atoms with van der Waals surface area (Å²) in [6, 6.07) is 15.1. The van der Waals surface area contributed by atoms with E-state index >= 15 is 0 Å². The Balaban J connectivity index is 2.41. The van der Waals surface area contributed by atoms with Crippen LogP contribution in [0.15, 0.2) is 42.5 Å². The zero-order valence-electron chi connectivity index (χ0n) is 12.2. The van der Waals surface area contributed by atoms with Gasteiger partial charge < -0.3 is 4.74 Å². The zero-order chi connectivity index (χ0) is 13.8. The Kier molecular flexibility index (Phi) is 4.26. The van der Waals surface area contributed by atoms with Gasteiger partial charge in [0.2, 0.25) is 0 Å². The number of aryl methyl sites for hydroxylation is 1. The van der Waals surface area contributed by atoms with Gasteiger partial charge in [-0.2, -0.15) is 0 Å². The fraction of sp³-hybridized carbons (Fsp3) is 0.333. The highest BCUT2D eigenvalue weighted by atomic mass is 16.5. The first-order valence-electron chi connectivity index (χ1n) is 6.93. The normalized spacial score (nSPS) is 10.8. The van der Waals surface area contributed by atoms with E-state index in [-0.39, 0.29) is 0 Å². The van der Waals surface area contributed by atoms with Crippen molar-refractivity contribution < 1.29 is 4.74 Å². The van der Waals surface area contributed by atoms with Crippen molar-refractivity contribution in [1.82, 2.24) is 0 Å². The first kappa shape index (κ1) is 13.7. The quantitative estimate of drug-likeness (QED) is 0.742. The number of hydrogen-bond donors (Lipinski definition) is 0. The van der Waals surface area contributed by atoms with Gasteiger partial charge in [0.25, 0.3) is 0 Å². The van der Waals surface area contributed by atoms with Crippen LogP contribution in [0.1, 0.15) is 37.8 Å². The van der Waals surface area contributed by atoms with E-state index in [1.165, 1.54) is 22.3 Å². The van der Waals surface area contributed by atoms with Gasteiger partial charge in [-0.15, -0.1) is 0 Å². The Bertz CT molecular complexity index is 538. The molecule has 0 aromatic heterocycles. The third-order valence-corrected chi connectivity index (χ3v) is 3.57. The molecular formula is C18H22O. The van der Waals surface area contributed by atoms with Crippen molar-refractivity contribution in [2.24, 2.45) is 0 Å². The maximum absolute atomic E-state index is 5.20. The predicted octanol–water partition coefficient (Wildman–Crippen LogP) is 5.05. The van der Waals surface area contributed by atoms with Crippen molar-refractivity contribution >= 4 is 0 Å². The lowest BCUT2D eigenvalue weighted by Gasteiger charge is -2.14. The maximum Gasteiger partial charge on any atom is 0.118 e. The Morgan fingerprint density at radius 1 is 0.947 bits per heavy atom. The van der Waals surface area contributed by atoms with Gasteiger partial charge >= 0.3 is 0 Å². The summed E-state index contributed by atoms with van der Waals surface area (Å²) >= 11 is 0. The van der Waals surface area contributed by atoms with Crippen molar-refractivity contribution in [1.29, 1.82) is 0 Å². The van der Waals surface area contributed by atoms with Gasteiger partial charge in [0, 0.05) is 0 Å². The second kappa shape index (κ2) is 5.92. The van der Waals surface area contributed by atoms with E-state index in [0.717, 1.165) is 12.2 Å². The van der Waals surface area contributed by atoms with Crippen molar-refractivity contribution in [3.8, 4) is 16.9 Å². The molecular weight excluding hydrogens is 232 g/mol. The van der Waals surface area contributed by atoms with Crippen molar-refractivity contribution in [3.63, 3.8) is 0 Å². The van der Waals surface area contributed by atoms with Crippen LogP contribution in [0.4, 0.5) is 0 Å². The largest absolute Gasteiger partial charge is 0.497 e. The molecule has 0 spiro atoms. The molecule has 0 bridgehead atoms. The van der Waals surface area contributed by atoms with Crippen LogP contribution in [0.25, 0.3) is 11.1 Å². The molecule has 0 aliphatic heterocycles. The number of methoxy groups -OCH3 is 1. The summed E-state index contributed by atoms with van der Waals surface area (Å²) < 4.78 is 5.20. The lowest BCUT2D eigenvalue weighted by atomic mass is 9.92. The highest BCUT2D eigenvalue weighted by Crippen LogP contribution is 2.28. The van der Waals surface area contributed by atoms with Crippen LogP contribution in [0, 0.1) is 0 Å². The van der Waals surface area contributed by atoms with Crippen LogP contribution in [0.3, 0.4) is 0 Å². The molecule has 2 rings (SSSR count). The molecule has 0 amide bonds. The molecule has 0 radical (unpaired) electrons. The van der Waals surface area contributed by atoms with Crippen LogP contribution < -0.4 is 4.74 Å². The number of benzene rings is 2. The third kappa shape index (κ3) is 2.98. The van der Waals surface area contributed by atoms with Gasteiger partial charge in [-0.05, 0) is 46.7 Å². The molecule has 1 heteroatoms. The first-order valence-corrected chi connectivity index (χ1v) is 6.93. The van der Waals surface area contributed by atoms with Crippen LogP contribution in [-0.4, -0.2) is 7.11 Å². The molecule has 0 heterocycles. The monoisotopic (exact) mass is 254 g/mol. The van der Waals surface area contributed by atoms with Gasteiger partial charge in [-0.3, -0.25) is 0 Å². The lowest BCUT2D eigenvalue weighted by molar-refractivity contribution is 0.415. The highest BCUT2D eigenvalue weighted by Gasteiger charge is 2.07. The van der Waals surface area contributed by atoms with E-state index in [9.17, 15) is 0 Å². The van der Waals surface area contributed by atoms with Crippen LogP contribution in [0.5, 0.6) is 5.75 Å². The third-order valence-electron chi connectivity index (χ3n) is 3.57. The molecule has 0 aliphatic rings. The lowest BCUT2D eigenvalue weighted by Crippen LogP contribution is -1.95. The molecule has 100 valence electrons. The zero-order valence-corrected chi connectivity index (χ0v) is 12.2. The summed E-state index contributed by atoms with van der Waals surface area (Å²) in [5.74, 6) is 1.46. The van der Waals surface area contributed by atoms with E-state index in [4.69, 9.17) is 4.74 Å². The van der Waals surface area contributed by atoms with Crippen molar-refractivity contribution in [3.05, 3.63) is 53.6 Å². The summed E-state index contributed by atoms with van der Waals surface area (Å²) in [4.78, 5) is 0. The molecule has 2 aromatic rings. The van der Waals surface area contributed by atoms with Gasteiger partial charge in [0.05, 0.1) is 7.11 Å².